The summed E-state index contributed by atoms with van der Waals surface area (Å²) in [6.45, 7) is 6.52. The fraction of sp³-hybridized carbons (Fsp3) is 0.378. The minimum Gasteiger partial charge on any atom is -0.493 e. The molecular weight excluding hydrogens is 718 g/mol. The highest BCUT2D eigenvalue weighted by atomic mass is 35.5. The van der Waals surface area contributed by atoms with Crippen LogP contribution in [0.5, 0.6) is 5.75 Å². The van der Waals surface area contributed by atoms with Gasteiger partial charge < -0.3 is 45.2 Å². The first-order valence-electron chi connectivity index (χ1n) is 17.2. The molecule has 1 saturated heterocycles. The lowest BCUT2D eigenvalue weighted by Gasteiger charge is -2.41. The average Bonchev–Trinajstić information content (AvgIpc) is 3.61. The molecule has 4 aromatic rings. The summed E-state index contributed by atoms with van der Waals surface area (Å²) in [5.41, 5.74) is 3.38. The summed E-state index contributed by atoms with van der Waals surface area (Å²) < 4.78 is 5.60. The predicted octanol–water partition coefficient (Wildman–Crippen LogP) is 4.51. The van der Waals surface area contributed by atoms with E-state index in [9.17, 15) is 19.8 Å². The number of carbonyl (C=O) groups excluding carboxylic acids is 2. The SMILES string of the molecule is COc1ccc(-c2cnc(N3CCN(C(=O)/C=C/CN(C)C)C(C)C3)c(N(CCO)CCO)c2)nc1Nc1ncc(C(=O)Nc2c(C)cccc2Cl)s1. The molecule has 1 aliphatic rings. The second-order valence-corrected chi connectivity index (χ2v) is 14.2. The highest BCUT2D eigenvalue weighted by Gasteiger charge is 2.29. The number of piperazine rings is 1. The predicted molar refractivity (Wildman–Crippen MR) is 211 cm³/mol. The number of halogens is 1. The van der Waals surface area contributed by atoms with Crippen molar-refractivity contribution in [3.05, 3.63) is 76.4 Å². The monoisotopic (exact) mass is 763 g/mol. The number of methoxy groups -OCH3 is 1. The summed E-state index contributed by atoms with van der Waals surface area (Å²) in [5, 5.41) is 26.8. The molecule has 0 aliphatic carbocycles. The summed E-state index contributed by atoms with van der Waals surface area (Å²) >= 11 is 7.47. The standard InChI is InChI=1S/C37H46ClN9O5S/c1-24-8-6-9-27(38)33(24)42-36(51)31-22-40-37(53-31)43-34-30(52-5)12-11-28(41-34)26-20-29(45(16-18-48)17-19-49)35(39-21-26)46-14-15-47(25(2)23-46)32(50)10-7-13-44(3)4/h6-12,20-22,25,48-49H,13-19,23H2,1-5H3,(H,42,51)(H,40,41,43)/b10-7+. The number of benzene rings is 1. The summed E-state index contributed by atoms with van der Waals surface area (Å²) in [4.78, 5) is 48.4. The number of pyridine rings is 2. The van der Waals surface area contributed by atoms with Crippen molar-refractivity contribution in [3.8, 4) is 17.0 Å². The van der Waals surface area contributed by atoms with Gasteiger partial charge in [0, 0.05) is 63.1 Å². The molecule has 282 valence electrons. The Labute approximate surface area is 318 Å². The van der Waals surface area contributed by atoms with Crippen LogP contribution in [0.4, 0.5) is 28.1 Å². The zero-order valence-electron chi connectivity index (χ0n) is 30.5. The number of aliphatic hydroxyl groups excluding tert-OH is 2. The van der Waals surface area contributed by atoms with E-state index in [1.54, 1.807) is 31.5 Å². The van der Waals surface area contributed by atoms with E-state index in [1.807, 2.05) is 73.0 Å². The molecule has 1 fully saturated rings. The molecule has 0 radical (unpaired) electrons. The first kappa shape index (κ1) is 39.4. The maximum Gasteiger partial charge on any atom is 0.267 e. The third kappa shape index (κ3) is 9.80. The molecule has 3 aromatic heterocycles. The fourth-order valence-corrected chi connectivity index (χ4v) is 6.94. The van der Waals surface area contributed by atoms with Gasteiger partial charge in [0.25, 0.3) is 5.91 Å². The number of para-hydroxylation sites is 1. The van der Waals surface area contributed by atoms with E-state index >= 15 is 0 Å². The third-order valence-electron chi connectivity index (χ3n) is 8.66. The van der Waals surface area contributed by atoms with Gasteiger partial charge >= 0.3 is 0 Å². The number of aromatic nitrogens is 3. The Morgan fingerprint density at radius 1 is 1.11 bits per heavy atom. The molecule has 0 saturated carbocycles. The molecule has 16 heteroatoms. The van der Waals surface area contributed by atoms with Gasteiger partial charge in [-0.3, -0.25) is 9.59 Å². The molecule has 1 aliphatic heterocycles. The van der Waals surface area contributed by atoms with Crippen molar-refractivity contribution >= 4 is 62.9 Å². The lowest BCUT2D eigenvalue weighted by atomic mass is 10.1. The van der Waals surface area contributed by atoms with E-state index in [0.29, 0.717) is 75.5 Å². The summed E-state index contributed by atoms with van der Waals surface area (Å²) in [6.07, 6.45) is 6.72. The van der Waals surface area contributed by atoms with Crippen LogP contribution >= 0.6 is 22.9 Å². The van der Waals surface area contributed by atoms with E-state index in [1.165, 1.54) is 6.20 Å². The quantitative estimate of drug-likeness (QED) is 0.126. The molecular formula is C37H46ClN9O5S. The van der Waals surface area contributed by atoms with Crippen LogP contribution in [0, 0.1) is 6.92 Å². The lowest BCUT2D eigenvalue weighted by molar-refractivity contribution is -0.128. The number of amides is 2. The molecule has 5 rings (SSSR count). The van der Waals surface area contributed by atoms with Gasteiger partial charge in [0.05, 0.1) is 48.6 Å². The number of hydrogen-bond donors (Lipinski definition) is 4. The average molecular weight is 764 g/mol. The number of hydrogen-bond acceptors (Lipinski definition) is 13. The van der Waals surface area contributed by atoms with Crippen LogP contribution in [0.3, 0.4) is 0 Å². The summed E-state index contributed by atoms with van der Waals surface area (Å²) in [5.74, 6) is 1.17. The Kier molecular flexibility index (Phi) is 13.6. The minimum atomic E-state index is -0.339. The Bertz CT molecular complexity index is 1900. The number of nitrogens with zero attached hydrogens (tertiary/aromatic N) is 7. The zero-order valence-corrected chi connectivity index (χ0v) is 32.1. The van der Waals surface area contributed by atoms with Gasteiger partial charge in [-0.2, -0.15) is 0 Å². The number of rotatable bonds is 15. The Morgan fingerprint density at radius 3 is 2.57 bits per heavy atom. The van der Waals surface area contributed by atoms with Crippen molar-refractivity contribution in [2.24, 2.45) is 0 Å². The number of carbonyl (C=O) groups is 2. The molecule has 0 bridgehead atoms. The highest BCUT2D eigenvalue weighted by molar-refractivity contribution is 7.17. The van der Waals surface area contributed by atoms with Crippen molar-refractivity contribution in [1.29, 1.82) is 0 Å². The van der Waals surface area contributed by atoms with Crippen molar-refractivity contribution in [2.75, 3.05) is 94.1 Å². The third-order valence-corrected chi connectivity index (χ3v) is 9.88. The van der Waals surface area contributed by atoms with Crippen LogP contribution in [-0.2, 0) is 4.79 Å². The summed E-state index contributed by atoms with van der Waals surface area (Å²) in [6, 6.07) is 10.9. The van der Waals surface area contributed by atoms with Gasteiger partial charge in [-0.15, -0.1) is 0 Å². The zero-order chi connectivity index (χ0) is 38.1. The molecule has 2 amide bonds. The van der Waals surface area contributed by atoms with Crippen LogP contribution in [0.2, 0.25) is 5.02 Å². The number of likely N-dealkylation sites (N-methyl/N-ethyl adjacent to an activating group) is 1. The largest absolute Gasteiger partial charge is 0.493 e. The Morgan fingerprint density at radius 2 is 1.89 bits per heavy atom. The maximum atomic E-state index is 13.1. The van der Waals surface area contributed by atoms with E-state index < -0.39 is 0 Å². The second kappa shape index (κ2) is 18.3. The first-order valence-corrected chi connectivity index (χ1v) is 18.4. The van der Waals surface area contributed by atoms with Crippen molar-refractivity contribution in [3.63, 3.8) is 0 Å². The van der Waals surface area contributed by atoms with Gasteiger partial charge in [-0.25, -0.2) is 15.0 Å². The summed E-state index contributed by atoms with van der Waals surface area (Å²) in [7, 11) is 5.45. The normalized spacial score (nSPS) is 14.5. The van der Waals surface area contributed by atoms with Crippen LogP contribution < -0.4 is 25.2 Å². The molecule has 1 unspecified atom stereocenters. The van der Waals surface area contributed by atoms with E-state index in [0.717, 1.165) is 22.6 Å². The minimum absolute atomic E-state index is 0.0240. The molecule has 53 heavy (non-hydrogen) atoms. The van der Waals surface area contributed by atoms with Gasteiger partial charge in [-0.05, 0) is 57.8 Å². The van der Waals surface area contributed by atoms with Crippen LogP contribution in [-0.4, -0.2) is 127 Å². The van der Waals surface area contributed by atoms with E-state index in [2.05, 4.69) is 20.5 Å². The highest BCUT2D eigenvalue weighted by Crippen LogP contribution is 2.36. The molecule has 1 aromatic carbocycles. The fourth-order valence-electron chi connectivity index (χ4n) is 5.96. The van der Waals surface area contributed by atoms with Crippen molar-refractivity contribution < 1.29 is 24.5 Å². The van der Waals surface area contributed by atoms with E-state index in [-0.39, 0.29) is 44.2 Å². The van der Waals surface area contributed by atoms with Crippen molar-refractivity contribution in [2.45, 2.75) is 19.9 Å². The lowest BCUT2D eigenvalue weighted by Crippen LogP contribution is -2.54. The van der Waals surface area contributed by atoms with E-state index in [4.69, 9.17) is 26.3 Å². The molecule has 4 heterocycles. The van der Waals surface area contributed by atoms with Gasteiger partial charge in [0.2, 0.25) is 5.91 Å². The second-order valence-electron chi connectivity index (χ2n) is 12.8. The topological polar surface area (TPSA) is 160 Å². The number of aryl methyl sites for hydroxylation is 1. The Hall–Kier alpha value is -4.80. The maximum absolute atomic E-state index is 13.1. The van der Waals surface area contributed by atoms with Crippen LogP contribution in [0.1, 0.15) is 22.2 Å². The van der Waals surface area contributed by atoms with Gasteiger partial charge in [0.1, 0.15) is 4.88 Å². The number of aliphatic hydroxyl groups is 2. The van der Waals surface area contributed by atoms with Gasteiger partial charge in [-0.1, -0.05) is 41.1 Å². The number of nitrogens with one attached hydrogen (secondary N) is 2. The van der Waals surface area contributed by atoms with Crippen molar-refractivity contribution in [1.82, 2.24) is 24.8 Å². The number of anilines is 5. The van der Waals surface area contributed by atoms with Crippen LogP contribution in [0.15, 0.2) is 60.9 Å². The molecule has 14 nitrogen and oxygen atoms in total. The molecule has 0 spiro atoms. The smallest absolute Gasteiger partial charge is 0.267 e. The first-order chi connectivity index (χ1) is 25.5. The van der Waals surface area contributed by atoms with Gasteiger partial charge in [0.15, 0.2) is 22.5 Å². The van der Waals surface area contributed by atoms with Crippen LogP contribution in [0.25, 0.3) is 11.3 Å². The molecule has 1 atom stereocenters. The Balaban J connectivity index is 1.40. The number of thiazole rings is 1. The number of ether oxygens (including phenoxy) is 1. The molecule has 4 N–H and O–H groups in total.